The minimum Gasteiger partial charge on any atom is -0.463 e. The molecule has 0 aromatic carbocycles. The minimum atomic E-state index is -0.337. The highest BCUT2D eigenvalue weighted by atomic mass is 16.5. The van der Waals surface area contributed by atoms with Crippen molar-refractivity contribution < 1.29 is 9.53 Å². The molecule has 0 saturated carbocycles. The van der Waals surface area contributed by atoms with Gasteiger partial charge in [0.2, 0.25) is 0 Å². The van der Waals surface area contributed by atoms with E-state index in [0.717, 1.165) is 39.3 Å². The zero-order valence-corrected chi connectivity index (χ0v) is 11.5. The number of hydrogen-bond acceptors (Lipinski definition) is 5. The van der Waals surface area contributed by atoms with Crippen LogP contribution in [0.1, 0.15) is 26.7 Å². The van der Waals surface area contributed by atoms with Gasteiger partial charge in [-0.2, -0.15) is 0 Å². The zero-order valence-electron chi connectivity index (χ0n) is 11.5. The lowest BCUT2D eigenvalue weighted by Gasteiger charge is -2.41. The molecule has 0 radical (unpaired) electrons. The molecule has 1 aliphatic rings. The first-order valence-corrected chi connectivity index (χ1v) is 6.70. The topological polar surface area (TPSA) is 44.8 Å². The van der Waals surface area contributed by atoms with Gasteiger partial charge in [0.05, 0.1) is 26.1 Å². The Hall–Kier alpha value is -0.910. The van der Waals surface area contributed by atoms with Crippen LogP contribution in [0.4, 0.5) is 0 Å². The van der Waals surface area contributed by atoms with Crippen LogP contribution in [0.2, 0.25) is 0 Å². The molecule has 0 aromatic heterocycles. The van der Waals surface area contributed by atoms with Gasteiger partial charge in [-0.3, -0.25) is 15.1 Å². The molecule has 1 saturated heterocycles. The van der Waals surface area contributed by atoms with Crippen molar-refractivity contribution in [3.8, 4) is 0 Å². The molecule has 0 aliphatic carbocycles. The Morgan fingerprint density at radius 3 is 2.89 bits per heavy atom. The molecule has 0 amide bonds. The fourth-order valence-corrected chi connectivity index (χ4v) is 2.09. The van der Waals surface area contributed by atoms with Crippen LogP contribution in [0.5, 0.6) is 0 Å². The maximum absolute atomic E-state index is 10.9. The number of carbonyl (C=O) groups excluding carboxylic acids is 1. The van der Waals surface area contributed by atoms with Gasteiger partial charge in [0.1, 0.15) is 0 Å². The average molecular weight is 255 g/mol. The summed E-state index contributed by atoms with van der Waals surface area (Å²) in [5.41, 5.74) is 0. The summed E-state index contributed by atoms with van der Waals surface area (Å²) >= 11 is 0. The standard InChI is InChI=1S/C13H25N3O2/c1-4-13(17)18-9-7-8-12-14-10-15(5-2)11-16(12)6-3/h4,12,14H,1,5-11H2,2-3H3. The van der Waals surface area contributed by atoms with Crippen LogP contribution in [0.25, 0.3) is 0 Å². The summed E-state index contributed by atoms with van der Waals surface area (Å²) in [6, 6.07) is 0. The van der Waals surface area contributed by atoms with Crippen molar-refractivity contribution in [2.24, 2.45) is 0 Å². The van der Waals surface area contributed by atoms with Gasteiger partial charge < -0.3 is 4.74 Å². The number of hydrogen-bond donors (Lipinski definition) is 1. The lowest BCUT2D eigenvalue weighted by molar-refractivity contribution is -0.138. The summed E-state index contributed by atoms with van der Waals surface area (Å²) in [6.45, 7) is 12.2. The van der Waals surface area contributed by atoms with E-state index in [1.165, 1.54) is 6.08 Å². The van der Waals surface area contributed by atoms with E-state index in [1.807, 2.05) is 0 Å². The van der Waals surface area contributed by atoms with E-state index in [2.05, 4.69) is 35.5 Å². The van der Waals surface area contributed by atoms with Gasteiger partial charge in [0.15, 0.2) is 0 Å². The van der Waals surface area contributed by atoms with E-state index in [4.69, 9.17) is 4.74 Å². The summed E-state index contributed by atoms with van der Waals surface area (Å²) in [7, 11) is 0. The Kier molecular flexibility index (Phi) is 6.93. The number of nitrogens with one attached hydrogen (secondary N) is 1. The maximum Gasteiger partial charge on any atom is 0.330 e. The number of ether oxygens (including phenoxy) is 1. The molecule has 1 rings (SSSR count). The van der Waals surface area contributed by atoms with Crippen molar-refractivity contribution in [2.45, 2.75) is 32.9 Å². The summed E-state index contributed by atoms with van der Waals surface area (Å²) in [5, 5.41) is 3.51. The van der Waals surface area contributed by atoms with E-state index in [1.54, 1.807) is 0 Å². The number of nitrogens with zero attached hydrogens (tertiary/aromatic N) is 2. The van der Waals surface area contributed by atoms with Crippen molar-refractivity contribution in [1.29, 1.82) is 0 Å². The van der Waals surface area contributed by atoms with Gasteiger partial charge in [-0.1, -0.05) is 20.4 Å². The van der Waals surface area contributed by atoms with Gasteiger partial charge in [0.25, 0.3) is 0 Å². The molecule has 5 heteroatoms. The Morgan fingerprint density at radius 1 is 1.50 bits per heavy atom. The molecule has 0 bridgehead atoms. The number of rotatable bonds is 7. The highest BCUT2D eigenvalue weighted by Crippen LogP contribution is 2.10. The molecule has 1 unspecified atom stereocenters. The summed E-state index contributed by atoms with van der Waals surface area (Å²) in [5.74, 6) is -0.337. The molecule has 104 valence electrons. The van der Waals surface area contributed by atoms with Crippen LogP contribution in [0, 0.1) is 0 Å². The lowest BCUT2D eigenvalue weighted by atomic mass is 10.2. The molecule has 1 aliphatic heterocycles. The van der Waals surface area contributed by atoms with E-state index >= 15 is 0 Å². The van der Waals surface area contributed by atoms with Gasteiger partial charge in [-0.15, -0.1) is 0 Å². The van der Waals surface area contributed by atoms with Crippen LogP contribution < -0.4 is 5.32 Å². The van der Waals surface area contributed by atoms with Gasteiger partial charge in [-0.25, -0.2) is 4.79 Å². The van der Waals surface area contributed by atoms with Crippen LogP contribution >= 0.6 is 0 Å². The molecule has 1 heterocycles. The molecule has 0 aromatic rings. The first kappa shape index (κ1) is 15.1. The Morgan fingerprint density at radius 2 is 2.28 bits per heavy atom. The monoisotopic (exact) mass is 255 g/mol. The summed E-state index contributed by atoms with van der Waals surface area (Å²) in [4.78, 5) is 15.7. The normalized spacial score (nSPS) is 21.8. The van der Waals surface area contributed by atoms with Crippen LogP contribution in [-0.2, 0) is 9.53 Å². The average Bonchev–Trinajstić information content (AvgIpc) is 2.43. The van der Waals surface area contributed by atoms with Crippen molar-refractivity contribution in [3.63, 3.8) is 0 Å². The molecular formula is C13H25N3O2. The highest BCUT2D eigenvalue weighted by Gasteiger charge is 2.23. The first-order chi connectivity index (χ1) is 8.71. The second-order valence-electron chi connectivity index (χ2n) is 4.43. The third-order valence-corrected chi connectivity index (χ3v) is 3.26. The largest absolute Gasteiger partial charge is 0.463 e. The maximum atomic E-state index is 10.9. The van der Waals surface area contributed by atoms with Crippen molar-refractivity contribution in [3.05, 3.63) is 12.7 Å². The number of esters is 1. The lowest BCUT2D eigenvalue weighted by Crippen LogP contribution is -2.59. The summed E-state index contributed by atoms with van der Waals surface area (Å²) < 4.78 is 4.98. The summed E-state index contributed by atoms with van der Waals surface area (Å²) in [6.07, 6.45) is 3.46. The fourth-order valence-electron chi connectivity index (χ4n) is 2.09. The van der Waals surface area contributed by atoms with Gasteiger partial charge in [-0.05, 0) is 25.9 Å². The van der Waals surface area contributed by atoms with Gasteiger partial charge >= 0.3 is 5.97 Å². The Labute approximate surface area is 110 Å². The molecular weight excluding hydrogens is 230 g/mol. The van der Waals surface area contributed by atoms with E-state index < -0.39 is 0 Å². The molecule has 18 heavy (non-hydrogen) atoms. The van der Waals surface area contributed by atoms with Crippen LogP contribution in [0.3, 0.4) is 0 Å². The molecule has 0 spiro atoms. The fraction of sp³-hybridized carbons (Fsp3) is 0.769. The molecule has 5 nitrogen and oxygen atoms in total. The zero-order chi connectivity index (χ0) is 13.4. The van der Waals surface area contributed by atoms with E-state index in [0.29, 0.717) is 12.8 Å². The third kappa shape index (κ3) is 4.76. The Balaban J connectivity index is 2.24. The number of carbonyl (C=O) groups is 1. The van der Waals surface area contributed by atoms with Crippen molar-refractivity contribution in [1.82, 2.24) is 15.1 Å². The highest BCUT2D eigenvalue weighted by molar-refractivity contribution is 5.81. The minimum absolute atomic E-state index is 0.337. The Bertz CT molecular complexity index is 271. The molecule has 1 N–H and O–H groups in total. The second-order valence-corrected chi connectivity index (χ2v) is 4.43. The third-order valence-electron chi connectivity index (χ3n) is 3.26. The first-order valence-electron chi connectivity index (χ1n) is 6.70. The van der Waals surface area contributed by atoms with Crippen molar-refractivity contribution in [2.75, 3.05) is 33.0 Å². The van der Waals surface area contributed by atoms with E-state index in [9.17, 15) is 4.79 Å². The molecule has 1 fully saturated rings. The smallest absolute Gasteiger partial charge is 0.330 e. The second kappa shape index (κ2) is 8.24. The van der Waals surface area contributed by atoms with Gasteiger partial charge in [0, 0.05) is 6.08 Å². The quantitative estimate of drug-likeness (QED) is 0.417. The predicted octanol–water partition coefficient (Wildman–Crippen LogP) is 0.984. The van der Waals surface area contributed by atoms with Crippen LogP contribution in [-0.4, -0.2) is 55.0 Å². The SMILES string of the molecule is C=CC(=O)OCCCC1NCN(CC)CN1CC. The van der Waals surface area contributed by atoms with Crippen LogP contribution in [0.15, 0.2) is 12.7 Å². The predicted molar refractivity (Wildman–Crippen MR) is 71.8 cm³/mol. The molecule has 1 atom stereocenters. The van der Waals surface area contributed by atoms with E-state index in [-0.39, 0.29) is 5.97 Å². The van der Waals surface area contributed by atoms with Crippen molar-refractivity contribution >= 4 is 5.97 Å².